The van der Waals surface area contributed by atoms with Crippen LogP contribution in [0.5, 0.6) is 0 Å². The average Bonchev–Trinajstić information content (AvgIpc) is 2.20. The van der Waals surface area contributed by atoms with Crippen LogP contribution in [0.3, 0.4) is 0 Å². The topological polar surface area (TPSA) is 26.0 Å². The van der Waals surface area contributed by atoms with E-state index < -0.39 is 0 Å². The van der Waals surface area contributed by atoms with Gasteiger partial charge in [-0.1, -0.05) is 32.9 Å². The summed E-state index contributed by atoms with van der Waals surface area (Å²) in [5.41, 5.74) is 11.6. The molecule has 1 aromatic carbocycles. The summed E-state index contributed by atoms with van der Waals surface area (Å²) in [5, 5.41) is 0. The Kier molecular flexibility index (Phi) is 4.76. The number of benzene rings is 1. The lowest BCUT2D eigenvalue weighted by Gasteiger charge is -2.22. The molecule has 0 saturated heterocycles. The zero-order chi connectivity index (χ0) is 13.1. The average molecular weight is 233 g/mol. The molecule has 96 valence electrons. The molecule has 1 heteroatoms. The summed E-state index contributed by atoms with van der Waals surface area (Å²) in [7, 11) is 0. The van der Waals surface area contributed by atoms with Crippen LogP contribution in [0.15, 0.2) is 12.1 Å². The van der Waals surface area contributed by atoms with Crippen molar-refractivity contribution in [3.05, 3.63) is 34.4 Å². The molecule has 0 fully saturated rings. The Morgan fingerprint density at radius 2 is 1.53 bits per heavy atom. The molecule has 0 heterocycles. The number of hydrogen-bond donors (Lipinski definition) is 1. The van der Waals surface area contributed by atoms with Gasteiger partial charge in [0.15, 0.2) is 0 Å². The van der Waals surface area contributed by atoms with E-state index >= 15 is 0 Å². The molecule has 0 bridgehead atoms. The Morgan fingerprint density at radius 1 is 1.00 bits per heavy atom. The minimum atomic E-state index is 0.241. The molecular weight excluding hydrogens is 206 g/mol. The quantitative estimate of drug-likeness (QED) is 0.785. The predicted octanol–water partition coefficient (Wildman–Crippen LogP) is 3.88. The molecule has 0 atom stereocenters. The van der Waals surface area contributed by atoms with Crippen molar-refractivity contribution < 1.29 is 0 Å². The third-order valence-electron chi connectivity index (χ3n) is 3.44. The van der Waals surface area contributed by atoms with Crippen LogP contribution in [0.1, 0.15) is 55.9 Å². The first-order chi connectivity index (χ1) is 7.86. The fraction of sp³-hybridized carbons (Fsp3) is 0.625. The minimum Gasteiger partial charge on any atom is -0.330 e. The van der Waals surface area contributed by atoms with Crippen molar-refractivity contribution in [3.63, 3.8) is 0 Å². The van der Waals surface area contributed by atoms with Gasteiger partial charge in [0, 0.05) is 0 Å². The van der Waals surface area contributed by atoms with Gasteiger partial charge in [-0.05, 0) is 67.3 Å². The normalized spacial score (nSPS) is 11.9. The summed E-state index contributed by atoms with van der Waals surface area (Å²) < 4.78 is 0. The van der Waals surface area contributed by atoms with Gasteiger partial charge in [0.2, 0.25) is 0 Å². The Balaban J connectivity index is 2.95. The van der Waals surface area contributed by atoms with E-state index in [2.05, 4.69) is 46.8 Å². The van der Waals surface area contributed by atoms with Gasteiger partial charge < -0.3 is 5.73 Å². The maximum absolute atomic E-state index is 5.55. The Bertz CT molecular complexity index is 349. The summed E-state index contributed by atoms with van der Waals surface area (Å²) in [6, 6.07) is 4.70. The van der Waals surface area contributed by atoms with Crippen molar-refractivity contribution in [3.8, 4) is 0 Å². The highest BCUT2D eigenvalue weighted by molar-refractivity contribution is 5.40. The molecule has 2 N–H and O–H groups in total. The van der Waals surface area contributed by atoms with Crippen molar-refractivity contribution >= 4 is 0 Å². The lowest BCUT2D eigenvalue weighted by Crippen LogP contribution is -2.12. The van der Waals surface area contributed by atoms with Crippen molar-refractivity contribution in [2.45, 2.75) is 59.3 Å². The van der Waals surface area contributed by atoms with Crippen molar-refractivity contribution in [1.29, 1.82) is 0 Å². The first-order valence-corrected chi connectivity index (χ1v) is 6.67. The molecule has 1 aromatic rings. The molecule has 0 radical (unpaired) electrons. The van der Waals surface area contributed by atoms with E-state index in [0.29, 0.717) is 0 Å². The van der Waals surface area contributed by atoms with Crippen LogP contribution in [-0.2, 0) is 11.8 Å². The zero-order valence-corrected chi connectivity index (χ0v) is 12.1. The standard InChI is InChI=1S/C16H27N/c1-12-10-14(16(3,4)5)11-13(2)15(12)8-6-7-9-17/h10-11H,6-9,17H2,1-5H3. The molecule has 0 saturated carbocycles. The second-order valence-corrected chi connectivity index (χ2v) is 6.08. The van der Waals surface area contributed by atoms with E-state index in [1.165, 1.54) is 35.1 Å². The van der Waals surface area contributed by atoms with Gasteiger partial charge in [-0.15, -0.1) is 0 Å². The van der Waals surface area contributed by atoms with E-state index in [-0.39, 0.29) is 5.41 Å². The van der Waals surface area contributed by atoms with Gasteiger partial charge in [0.25, 0.3) is 0 Å². The molecule has 0 aliphatic rings. The highest BCUT2D eigenvalue weighted by Gasteiger charge is 2.15. The highest BCUT2D eigenvalue weighted by atomic mass is 14.5. The van der Waals surface area contributed by atoms with E-state index in [1.54, 1.807) is 0 Å². The van der Waals surface area contributed by atoms with Gasteiger partial charge in [0.1, 0.15) is 0 Å². The van der Waals surface area contributed by atoms with Gasteiger partial charge >= 0.3 is 0 Å². The number of nitrogens with two attached hydrogens (primary N) is 1. The molecule has 0 unspecified atom stereocenters. The van der Waals surface area contributed by atoms with Crippen LogP contribution in [-0.4, -0.2) is 6.54 Å². The van der Waals surface area contributed by atoms with E-state index in [0.717, 1.165) is 13.0 Å². The second-order valence-electron chi connectivity index (χ2n) is 6.08. The van der Waals surface area contributed by atoms with Crippen LogP contribution < -0.4 is 5.73 Å². The highest BCUT2D eigenvalue weighted by Crippen LogP contribution is 2.27. The maximum Gasteiger partial charge on any atom is -0.00772 e. The second kappa shape index (κ2) is 5.68. The molecule has 1 rings (SSSR count). The lowest BCUT2D eigenvalue weighted by molar-refractivity contribution is 0.588. The molecule has 0 aliphatic carbocycles. The van der Waals surface area contributed by atoms with E-state index in [1.807, 2.05) is 0 Å². The summed E-state index contributed by atoms with van der Waals surface area (Å²) in [6.07, 6.45) is 3.49. The first kappa shape index (κ1) is 14.2. The number of hydrogen-bond acceptors (Lipinski definition) is 1. The summed E-state index contributed by atoms with van der Waals surface area (Å²) in [5.74, 6) is 0. The molecule has 1 nitrogen and oxygen atoms in total. The zero-order valence-electron chi connectivity index (χ0n) is 12.1. The van der Waals surface area contributed by atoms with E-state index in [9.17, 15) is 0 Å². The molecule has 0 aromatic heterocycles. The van der Waals surface area contributed by atoms with Crippen LogP contribution in [0.2, 0.25) is 0 Å². The van der Waals surface area contributed by atoms with Gasteiger partial charge in [0.05, 0.1) is 0 Å². The Labute approximate surface area is 106 Å². The third-order valence-corrected chi connectivity index (χ3v) is 3.44. The van der Waals surface area contributed by atoms with Gasteiger partial charge in [-0.25, -0.2) is 0 Å². The third kappa shape index (κ3) is 3.85. The minimum absolute atomic E-state index is 0.241. The number of rotatable bonds is 4. The van der Waals surface area contributed by atoms with E-state index in [4.69, 9.17) is 5.73 Å². The fourth-order valence-electron chi connectivity index (χ4n) is 2.27. The SMILES string of the molecule is Cc1cc(C(C)(C)C)cc(C)c1CCCCN. The largest absolute Gasteiger partial charge is 0.330 e. The number of unbranched alkanes of at least 4 members (excludes halogenated alkanes) is 1. The van der Waals surface area contributed by atoms with Crippen LogP contribution >= 0.6 is 0 Å². The number of aryl methyl sites for hydroxylation is 2. The van der Waals surface area contributed by atoms with Crippen LogP contribution in [0, 0.1) is 13.8 Å². The fourth-order valence-corrected chi connectivity index (χ4v) is 2.27. The molecule has 0 amide bonds. The smallest absolute Gasteiger partial charge is 0.00772 e. The summed E-state index contributed by atoms with van der Waals surface area (Å²) >= 11 is 0. The Morgan fingerprint density at radius 3 is 1.94 bits per heavy atom. The molecule has 0 aliphatic heterocycles. The van der Waals surface area contributed by atoms with Crippen LogP contribution in [0.4, 0.5) is 0 Å². The monoisotopic (exact) mass is 233 g/mol. The predicted molar refractivity (Wildman–Crippen MR) is 76.6 cm³/mol. The first-order valence-electron chi connectivity index (χ1n) is 6.67. The molecular formula is C16H27N. The van der Waals surface area contributed by atoms with Crippen molar-refractivity contribution in [2.24, 2.45) is 5.73 Å². The van der Waals surface area contributed by atoms with Gasteiger partial charge in [-0.3, -0.25) is 0 Å². The van der Waals surface area contributed by atoms with Crippen LogP contribution in [0.25, 0.3) is 0 Å². The summed E-state index contributed by atoms with van der Waals surface area (Å²) in [4.78, 5) is 0. The van der Waals surface area contributed by atoms with Gasteiger partial charge in [-0.2, -0.15) is 0 Å². The summed E-state index contributed by atoms with van der Waals surface area (Å²) in [6.45, 7) is 12.1. The van der Waals surface area contributed by atoms with Crippen molar-refractivity contribution in [2.75, 3.05) is 6.54 Å². The Hall–Kier alpha value is -0.820. The molecule has 17 heavy (non-hydrogen) atoms. The maximum atomic E-state index is 5.55. The molecule has 0 spiro atoms. The lowest BCUT2D eigenvalue weighted by atomic mass is 9.83. The van der Waals surface area contributed by atoms with Crippen molar-refractivity contribution in [1.82, 2.24) is 0 Å².